The minimum absolute atomic E-state index is 0.727. The third-order valence-electron chi connectivity index (χ3n) is 5.76. The van der Waals surface area contributed by atoms with Crippen molar-refractivity contribution in [3.8, 4) is 0 Å². The summed E-state index contributed by atoms with van der Waals surface area (Å²) >= 11 is 0. The van der Waals surface area contributed by atoms with Gasteiger partial charge in [0.15, 0.2) is 0 Å². The summed E-state index contributed by atoms with van der Waals surface area (Å²) in [6, 6.07) is 0. The third-order valence-corrected chi connectivity index (χ3v) is 5.76. The van der Waals surface area contributed by atoms with E-state index in [1.807, 2.05) is 0 Å². The maximum Gasteiger partial charge on any atom is -0.0128 e. The van der Waals surface area contributed by atoms with Crippen LogP contribution in [0.25, 0.3) is 0 Å². The Labute approximate surface area is 124 Å². The molecule has 0 heteroatoms. The van der Waals surface area contributed by atoms with E-state index in [-0.39, 0.29) is 0 Å². The lowest BCUT2D eigenvalue weighted by Gasteiger charge is -2.53. The van der Waals surface area contributed by atoms with Crippen molar-refractivity contribution in [1.29, 1.82) is 0 Å². The predicted molar refractivity (Wildman–Crippen MR) is 87.2 cm³/mol. The zero-order valence-corrected chi connectivity index (χ0v) is 13.2. The van der Waals surface area contributed by atoms with Gasteiger partial charge in [-0.05, 0) is 47.3 Å². The Balaban J connectivity index is 2.04. The lowest BCUT2D eigenvalue weighted by Crippen LogP contribution is -2.48. The molecular weight excluding hydrogens is 240 g/mol. The molecule has 0 aromatic heterocycles. The van der Waals surface area contributed by atoms with Crippen molar-refractivity contribution in [2.45, 2.75) is 27.7 Å². The van der Waals surface area contributed by atoms with Crippen molar-refractivity contribution in [3.63, 3.8) is 0 Å². The molecule has 0 amide bonds. The van der Waals surface area contributed by atoms with Crippen molar-refractivity contribution in [2.24, 2.45) is 47.3 Å². The zero-order valence-electron chi connectivity index (χ0n) is 13.2. The lowest BCUT2D eigenvalue weighted by molar-refractivity contribution is 0.0178. The fraction of sp³-hybridized carbons (Fsp3) is 0.600. The Morgan fingerprint density at radius 1 is 0.500 bits per heavy atom. The second-order valence-electron chi connectivity index (χ2n) is 7.49. The van der Waals surface area contributed by atoms with Crippen LogP contribution in [-0.4, -0.2) is 0 Å². The van der Waals surface area contributed by atoms with E-state index in [0.29, 0.717) is 0 Å². The molecule has 0 saturated heterocycles. The standard InChI is InChI=1S/C20H28/c1-13(2)19-15-9-5-7-11-17(15)20(14(3)4)18-12-8-6-10-16(18)19/h5-20H,1-4H3. The summed E-state index contributed by atoms with van der Waals surface area (Å²) < 4.78 is 0. The molecule has 0 bridgehead atoms. The van der Waals surface area contributed by atoms with Crippen LogP contribution in [0.4, 0.5) is 0 Å². The zero-order chi connectivity index (χ0) is 14.3. The smallest absolute Gasteiger partial charge is 0.0128 e. The predicted octanol–water partition coefficient (Wildman–Crippen LogP) is 5.26. The van der Waals surface area contributed by atoms with Gasteiger partial charge in [0.25, 0.3) is 0 Å². The van der Waals surface area contributed by atoms with Crippen LogP contribution in [0.5, 0.6) is 0 Å². The van der Waals surface area contributed by atoms with Gasteiger partial charge in [0.1, 0.15) is 0 Å². The molecular formula is C20H28. The van der Waals surface area contributed by atoms with E-state index >= 15 is 0 Å². The quantitative estimate of drug-likeness (QED) is 0.640. The highest BCUT2D eigenvalue weighted by Gasteiger charge is 2.49. The van der Waals surface area contributed by atoms with E-state index in [2.05, 4.69) is 76.3 Å². The lowest BCUT2D eigenvalue weighted by atomic mass is 9.51. The van der Waals surface area contributed by atoms with Gasteiger partial charge in [0, 0.05) is 0 Å². The van der Waals surface area contributed by atoms with Crippen LogP contribution in [0.3, 0.4) is 0 Å². The minimum atomic E-state index is 0.727. The summed E-state index contributed by atoms with van der Waals surface area (Å²) in [6.45, 7) is 9.64. The Morgan fingerprint density at radius 2 is 0.750 bits per heavy atom. The molecule has 4 atom stereocenters. The first kappa shape index (κ1) is 13.9. The molecule has 3 aliphatic carbocycles. The average molecular weight is 268 g/mol. The number of allylic oxidation sites excluding steroid dienone is 8. The third kappa shape index (κ3) is 2.14. The van der Waals surface area contributed by atoms with Crippen molar-refractivity contribution < 1.29 is 0 Å². The summed E-state index contributed by atoms with van der Waals surface area (Å²) in [4.78, 5) is 0. The topological polar surface area (TPSA) is 0 Å². The average Bonchev–Trinajstić information content (AvgIpc) is 2.43. The molecule has 0 spiro atoms. The van der Waals surface area contributed by atoms with E-state index in [4.69, 9.17) is 0 Å². The molecule has 0 nitrogen and oxygen atoms in total. The fourth-order valence-electron chi connectivity index (χ4n) is 5.11. The first-order chi connectivity index (χ1) is 9.61. The van der Waals surface area contributed by atoms with E-state index in [1.165, 1.54) is 0 Å². The van der Waals surface area contributed by atoms with Crippen LogP contribution in [0.15, 0.2) is 48.6 Å². The number of hydrogen-bond donors (Lipinski definition) is 0. The first-order valence-electron chi connectivity index (χ1n) is 8.31. The second-order valence-corrected chi connectivity index (χ2v) is 7.49. The highest BCUT2D eigenvalue weighted by Crippen LogP contribution is 2.54. The van der Waals surface area contributed by atoms with Crippen molar-refractivity contribution in [2.75, 3.05) is 0 Å². The van der Waals surface area contributed by atoms with E-state index < -0.39 is 0 Å². The van der Waals surface area contributed by atoms with Crippen LogP contribution >= 0.6 is 0 Å². The van der Waals surface area contributed by atoms with E-state index in [1.54, 1.807) is 0 Å². The first-order valence-corrected chi connectivity index (χ1v) is 8.31. The summed E-state index contributed by atoms with van der Waals surface area (Å²) in [6.07, 6.45) is 19.1. The molecule has 1 fully saturated rings. The fourth-order valence-corrected chi connectivity index (χ4v) is 5.11. The van der Waals surface area contributed by atoms with Crippen LogP contribution in [-0.2, 0) is 0 Å². The summed E-state index contributed by atoms with van der Waals surface area (Å²) in [5.74, 6) is 5.96. The normalized spacial score (nSPS) is 42.1. The maximum absolute atomic E-state index is 2.49. The molecule has 3 rings (SSSR count). The summed E-state index contributed by atoms with van der Waals surface area (Å²) in [5, 5.41) is 0. The number of fused-ring (bicyclic) bond motifs is 2. The van der Waals surface area contributed by atoms with Crippen molar-refractivity contribution in [3.05, 3.63) is 48.6 Å². The molecule has 4 unspecified atom stereocenters. The summed E-state index contributed by atoms with van der Waals surface area (Å²) in [5.41, 5.74) is 0. The van der Waals surface area contributed by atoms with Gasteiger partial charge in [-0.1, -0.05) is 76.3 Å². The maximum atomic E-state index is 2.49. The van der Waals surface area contributed by atoms with E-state index in [9.17, 15) is 0 Å². The molecule has 0 heterocycles. The SMILES string of the molecule is CC(C)C1C2C=CC=CC2C(C(C)C)C2C=CC=CC21. The Hall–Kier alpha value is -1.04. The van der Waals surface area contributed by atoms with Crippen LogP contribution in [0.1, 0.15) is 27.7 Å². The number of rotatable bonds is 2. The highest BCUT2D eigenvalue weighted by molar-refractivity contribution is 5.26. The van der Waals surface area contributed by atoms with Gasteiger partial charge in [-0.2, -0.15) is 0 Å². The van der Waals surface area contributed by atoms with Crippen molar-refractivity contribution >= 4 is 0 Å². The number of hydrogen-bond acceptors (Lipinski definition) is 0. The van der Waals surface area contributed by atoms with Crippen LogP contribution in [0, 0.1) is 47.3 Å². The Kier molecular flexibility index (Phi) is 3.75. The van der Waals surface area contributed by atoms with Crippen molar-refractivity contribution in [1.82, 2.24) is 0 Å². The highest BCUT2D eigenvalue weighted by atomic mass is 14.5. The van der Waals surface area contributed by atoms with Gasteiger partial charge < -0.3 is 0 Å². The molecule has 0 radical (unpaired) electrons. The minimum Gasteiger partial charge on any atom is -0.0805 e. The molecule has 0 N–H and O–H groups in total. The van der Waals surface area contributed by atoms with Gasteiger partial charge in [0.05, 0.1) is 0 Å². The molecule has 0 aliphatic heterocycles. The molecule has 0 aromatic carbocycles. The molecule has 3 aliphatic rings. The van der Waals surface area contributed by atoms with Gasteiger partial charge in [-0.25, -0.2) is 0 Å². The monoisotopic (exact) mass is 268 g/mol. The molecule has 20 heavy (non-hydrogen) atoms. The van der Waals surface area contributed by atoms with Gasteiger partial charge in [-0.15, -0.1) is 0 Å². The second kappa shape index (κ2) is 5.39. The molecule has 0 aromatic rings. The van der Waals surface area contributed by atoms with Crippen LogP contribution < -0.4 is 0 Å². The Morgan fingerprint density at radius 3 is 0.950 bits per heavy atom. The van der Waals surface area contributed by atoms with Gasteiger partial charge in [-0.3, -0.25) is 0 Å². The van der Waals surface area contributed by atoms with Gasteiger partial charge >= 0.3 is 0 Å². The van der Waals surface area contributed by atoms with E-state index in [0.717, 1.165) is 47.3 Å². The Bertz CT molecular complexity index is 380. The molecule has 1 saturated carbocycles. The largest absolute Gasteiger partial charge is 0.0805 e. The molecule has 108 valence electrons. The summed E-state index contributed by atoms with van der Waals surface area (Å²) in [7, 11) is 0. The van der Waals surface area contributed by atoms with Gasteiger partial charge in [0.2, 0.25) is 0 Å². The van der Waals surface area contributed by atoms with Crippen LogP contribution in [0.2, 0.25) is 0 Å².